The molecule has 26 heavy (non-hydrogen) atoms. The highest BCUT2D eigenvalue weighted by Gasteiger charge is 2.53. The van der Waals surface area contributed by atoms with Crippen molar-refractivity contribution in [2.24, 2.45) is 0 Å². The lowest BCUT2D eigenvalue weighted by Gasteiger charge is -2.35. The minimum atomic E-state index is -0.494. The van der Waals surface area contributed by atoms with Crippen LogP contribution in [-0.2, 0) is 10.2 Å². The molecule has 1 amide bonds. The van der Waals surface area contributed by atoms with E-state index in [-0.39, 0.29) is 23.8 Å². The molecule has 1 aliphatic carbocycles. The molecule has 136 valence electrons. The Labute approximate surface area is 156 Å². The van der Waals surface area contributed by atoms with Gasteiger partial charge < -0.3 is 9.64 Å². The second-order valence-corrected chi connectivity index (χ2v) is 7.34. The molecule has 5 nitrogen and oxygen atoms in total. The number of halogens is 2. The molecule has 7 heteroatoms. The summed E-state index contributed by atoms with van der Waals surface area (Å²) in [7, 11) is 0. The summed E-state index contributed by atoms with van der Waals surface area (Å²) in [6.45, 7) is 1.22. The maximum atomic E-state index is 13.2. The lowest BCUT2D eigenvalue weighted by molar-refractivity contribution is -0.136. The van der Waals surface area contributed by atoms with Crippen molar-refractivity contribution in [3.63, 3.8) is 0 Å². The highest BCUT2D eigenvalue weighted by Crippen LogP contribution is 2.49. The zero-order valence-electron chi connectivity index (χ0n) is 14.2. The lowest BCUT2D eigenvalue weighted by atomic mass is 9.93. The lowest BCUT2D eigenvalue weighted by Crippen LogP contribution is -2.48. The van der Waals surface area contributed by atoms with Crippen LogP contribution < -0.4 is 4.74 Å². The standard InChI is InChI=1S/C19H19ClFN3O2/c20-14-10-22-18(23-11-14)26-16-2-1-9-24(12-16)17(25)19(7-8-19)13-3-5-15(21)6-4-13/h3-6,10-11,16H,1-2,7-9,12H2. The van der Waals surface area contributed by atoms with Crippen LogP contribution in [0.2, 0.25) is 5.02 Å². The van der Waals surface area contributed by atoms with E-state index >= 15 is 0 Å². The Morgan fingerprint density at radius 3 is 2.58 bits per heavy atom. The molecule has 1 atom stereocenters. The molecule has 0 spiro atoms. The van der Waals surface area contributed by atoms with Crippen molar-refractivity contribution >= 4 is 17.5 Å². The Bertz CT molecular complexity index is 793. The van der Waals surface area contributed by atoms with Gasteiger partial charge in [0.15, 0.2) is 0 Å². The number of benzene rings is 1. The van der Waals surface area contributed by atoms with Crippen LogP contribution in [0, 0.1) is 5.82 Å². The predicted molar refractivity (Wildman–Crippen MR) is 94.6 cm³/mol. The first-order chi connectivity index (χ1) is 12.6. The van der Waals surface area contributed by atoms with Crippen LogP contribution in [0.4, 0.5) is 4.39 Å². The van der Waals surface area contributed by atoms with Crippen LogP contribution in [-0.4, -0.2) is 40.0 Å². The number of hydrogen-bond donors (Lipinski definition) is 0. The SMILES string of the molecule is O=C(N1CCCC(Oc2ncc(Cl)cn2)C1)C1(c2ccc(F)cc2)CC1. The van der Waals surface area contributed by atoms with Crippen LogP contribution in [0.25, 0.3) is 0 Å². The second-order valence-electron chi connectivity index (χ2n) is 6.91. The summed E-state index contributed by atoms with van der Waals surface area (Å²) in [6, 6.07) is 6.55. The number of hydrogen-bond acceptors (Lipinski definition) is 4. The first-order valence-corrected chi connectivity index (χ1v) is 9.14. The van der Waals surface area contributed by atoms with Crippen molar-refractivity contribution in [3.05, 3.63) is 53.1 Å². The monoisotopic (exact) mass is 375 g/mol. The maximum absolute atomic E-state index is 13.2. The average molecular weight is 376 g/mol. The Kier molecular flexibility index (Phi) is 4.53. The molecule has 1 saturated carbocycles. The molecule has 1 aromatic heterocycles. The first-order valence-electron chi connectivity index (χ1n) is 8.76. The van der Waals surface area contributed by atoms with Gasteiger partial charge in [0.2, 0.25) is 5.91 Å². The Morgan fingerprint density at radius 2 is 1.92 bits per heavy atom. The Hall–Kier alpha value is -2.21. The smallest absolute Gasteiger partial charge is 0.316 e. The molecule has 1 saturated heterocycles. The number of amides is 1. The third-order valence-electron chi connectivity index (χ3n) is 5.09. The molecule has 2 aliphatic rings. The number of aromatic nitrogens is 2. The van der Waals surface area contributed by atoms with Crippen molar-refractivity contribution in [1.29, 1.82) is 0 Å². The molecule has 0 bridgehead atoms. The fraction of sp³-hybridized carbons (Fsp3) is 0.421. The van der Waals surface area contributed by atoms with E-state index in [0.29, 0.717) is 18.1 Å². The molecule has 1 aromatic carbocycles. The fourth-order valence-corrected chi connectivity index (χ4v) is 3.65. The number of piperidine rings is 1. The van der Waals surface area contributed by atoms with Gasteiger partial charge in [0.25, 0.3) is 0 Å². The highest BCUT2D eigenvalue weighted by molar-refractivity contribution is 6.30. The molecule has 1 unspecified atom stereocenters. The summed E-state index contributed by atoms with van der Waals surface area (Å²) in [6.07, 6.45) is 6.16. The molecule has 2 heterocycles. The van der Waals surface area contributed by atoms with Crippen molar-refractivity contribution in [1.82, 2.24) is 14.9 Å². The number of ether oxygens (including phenoxy) is 1. The summed E-state index contributed by atoms with van der Waals surface area (Å²) in [5.41, 5.74) is 0.403. The van der Waals surface area contributed by atoms with Gasteiger partial charge >= 0.3 is 6.01 Å². The van der Waals surface area contributed by atoms with Gasteiger partial charge in [-0.15, -0.1) is 0 Å². The van der Waals surface area contributed by atoms with Gasteiger partial charge in [-0.3, -0.25) is 4.79 Å². The highest BCUT2D eigenvalue weighted by atomic mass is 35.5. The molecular formula is C19H19ClFN3O2. The fourth-order valence-electron chi connectivity index (χ4n) is 3.55. The zero-order valence-corrected chi connectivity index (χ0v) is 15.0. The normalized spacial score (nSPS) is 21.3. The van der Waals surface area contributed by atoms with Crippen molar-refractivity contribution < 1.29 is 13.9 Å². The summed E-state index contributed by atoms with van der Waals surface area (Å²) in [5, 5.41) is 0.452. The van der Waals surface area contributed by atoms with Crippen LogP contribution in [0.5, 0.6) is 6.01 Å². The summed E-state index contributed by atoms with van der Waals surface area (Å²) in [4.78, 5) is 23.1. The third-order valence-corrected chi connectivity index (χ3v) is 5.29. The Balaban J connectivity index is 1.44. The van der Waals surface area contributed by atoms with Gasteiger partial charge in [-0.2, -0.15) is 0 Å². The van der Waals surface area contributed by atoms with Gasteiger partial charge in [-0.1, -0.05) is 23.7 Å². The minimum absolute atomic E-state index is 0.106. The van der Waals surface area contributed by atoms with Crippen LogP contribution in [0.1, 0.15) is 31.2 Å². The van der Waals surface area contributed by atoms with Crippen LogP contribution in [0.3, 0.4) is 0 Å². The van der Waals surface area contributed by atoms with E-state index in [2.05, 4.69) is 9.97 Å². The molecule has 0 N–H and O–H groups in total. The summed E-state index contributed by atoms with van der Waals surface area (Å²) in [5.74, 6) is -0.180. The van der Waals surface area contributed by atoms with Crippen LogP contribution in [0.15, 0.2) is 36.7 Å². The van der Waals surface area contributed by atoms with E-state index < -0.39 is 5.41 Å². The maximum Gasteiger partial charge on any atom is 0.316 e. The van der Waals surface area contributed by atoms with E-state index in [0.717, 1.165) is 31.2 Å². The van der Waals surface area contributed by atoms with E-state index in [1.54, 1.807) is 12.1 Å². The second kappa shape index (κ2) is 6.83. The molecule has 2 aromatic rings. The van der Waals surface area contributed by atoms with Crippen molar-refractivity contribution in [2.75, 3.05) is 13.1 Å². The van der Waals surface area contributed by atoms with Gasteiger partial charge in [-0.05, 0) is 43.4 Å². The molecule has 1 aliphatic heterocycles. The van der Waals surface area contributed by atoms with Crippen molar-refractivity contribution in [2.45, 2.75) is 37.2 Å². The van der Waals surface area contributed by atoms with Gasteiger partial charge in [-0.25, -0.2) is 14.4 Å². The number of rotatable bonds is 4. The number of carbonyl (C=O) groups excluding carboxylic acids is 1. The predicted octanol–water partition coefficient (Wildman–Crippen LogP) is 3.37. The summed E-state index contributed by atoms with van der Waals surface area (Å²) < 4.78 is 19.0. The van der Waals surface area contributed by atoms with E-state index in [1.807, 2.05) is 4.90 Å². The van der Waals surface area contributed by atoms with Crippen molar-refractivity contribution in [3.8, 4) is 6.01 Å². The van der Waals surface area contributed by atoms with E-state index in [9.17, 15) is 9.18 Å². The zero-order chi connectivity index (χ0) is 18.1. The molecule has 0 radical (unpaired) electrons. The van der Waals surface area contributed by atoms with Gasteiger partial charge in [0.1, 0.15) is 11.9 Å². The van der Waals surface area contributed by atoms with Gasteiger partial charge in [0, 0.05) is 6.54 Å². The van der Waals surface area contributed by atoms with E-state index in [1.165, 1.54) is 24.5 Å². The largest absolute Gasteiger partial charge is 0.458 e. The number of likely N-dealkylation sites (tertiary alicyclic amines) is 1. The number of nitrogens with zero attached hydrogens (tertiary/aromatic N) is 3. The average Bonchev–Trinajstić information content (AvgIpc) is 3.46. The quantitative estimate of drug-likeness (QED) is 0.822. The Morgan fingerprint density at radius 1 is 1.23 bits per heavy atom. The molecule has 2 fully saturated rings. The third kappa shape index (κ3) is 3.38. The first kappa shape index (κ1) is 17.2. The molecular weight excluding hydrogens is 357 g/mol. The summed E-state index contributed by atoms with van der Waals surface area (Å²) >= 11 is 5.79. The topological polar surface area (TPSA) is 55.3 Å². The molecule has 4 rings (SSSR count). The number of carbonyl (C=O) groups is 1. The van der Waals surface area contributed by atoms with E-state index in [4.69, 9.17) is 16.3 Å². The van der Waals surface area contributed by atoms with Crippen LogP contribution >= 0.6 is 11.6 Å². The minimum Gasteiger partial charge on any atom is -0.458 e. The van der Waals surface area contributed by atoms with Gasteiger partial charge in [0.05, 0.1) is 29.4 Å².